The van der Waals surface area contributed by atoms with Crippen LogP contribution in [-0.2, 0) is 39.1 Å². The van der Waals surface area contributed by atoms with Crippen LogP contribution in [0.25, 0.3) is 0 Å². The number of unbranched alkanes of at least 4 members (excludes halogenated alkanes) is 8. The lowest BCUT2D eigenvalue weighted by Gasteiger charge is -2.21. The second kappa shape index (κ2) is 24.7. The van der Waals surface area contributed by atoms with Gasteiger partial charge in [0.25, 0.3) is 0 Å². The standard InChI is InChI=1S/C25H53NO9S2/c1-3-5-6-7-8-9-10-12-24-36(27,28)26(14-4-2)15-17-33-19-21-35-23-22-34-20-18-32-16-11-13-25-37(29,30)31/h3-25H2,1-2H3,(H,29,30,31)/p-1. The van der Waals surface area contributed by atoms with Crippen molar-refractivity contribution in [3.05, 3.63) is 0 Å². The van der Waals surface area contributed by atoms with Gasteiger partial charge in [-0.15, -0.1) is 0 Å². The molecule has 0 spiro atoms. The number of ether oxygens (including phenoxy) is 4. The Balaban J connectivity index is 3.67. The summed E-state index contributed by atoms with van der Waals surface area (Å²) in [6.45, 7) is 8.22. The summed E-state index contributed by atoms with van der Waals surface area (Å²) in [4.78, 5) is 0. The zero-order valence-electron chi connectivity index (χ0n) is 23.2. The van der Waals surface area contributed by atoms with E-state index in [0.717, 1.165) is 19.3 Å². The largest absolute Gasteiger partial charge is 0.748 e. The van der Waals surface area contributed by atoms with Crippen LogP contribution in [0, 0.1) is 0 Å². The molecule has 0 rings (SSSR count). The molecule has 0 fully saturated rings. The Kier molecular flexibility index (Phi) is 24.5. The average Bonchev–Trinajstić information content (AvgIpc) is 2.84. The van der Waals surface area contributed by atoms with E-state index in [4.69, 9.17) is 18.9 Å². The van der Waals surface area contributed by atoms with Crippen LogP contribution in [0.4, 0.5) is 0 Å². The van der Waals surface area contributed by atoms with Crippen LogP contribution >= 0.6 is 0 Å². The van der Waals surface area contributed by atoms with Gasteiger partial charge in [0, 0.05) is 25.4 Å². The van der Waals surface area contributed by atoms with Crippen LogP contribution in [0.15, 0.2) is 0 Å². The number of hydrogen-bond acceptors (Lipinski definition) is 9. The first-order valence-corrected chi connectivity index (χ1v) is 17.1. The first-order chi connectivity index (χ1) is 17.7. The summed E-state index contributed by atoms with van der Waals surface area (Å²) in [5.41, 5.74) is 0. The molecule has 0 heterocycles. The Bertz CT molecular complexity index is 703. The van der Waals surface area contributed by atoms with Crippen LogP contribution < -0.4 is 0 Å². The van der Waals surface area contributed by atoms with Crippen molar-refractivity contribution in [1.82, 2.24) is 4.31 Å². The highest BCUT2D eigenvalue weighted by molar-refractivity contribution is 7.89. The van der Waals surface area contributed by atoms with E-state index in [2.05, 4.69) is 6.92 Å². The third kappa shape index (κ3) is 25.7. The van der Waals surface area contributed by atoms with E-state index in [0.29, 0.717) is 85.2 Å². The van der Waals surface area contributed by atoms with Crippen molar-refractivity contribution >= 4 is 20.1 Å². The van der Waals surface area contributed by atoms with Gasteiger partial charge in [-0.25, -0.2) is 16.8 Å². The van der Waals surface area contributed by atoms with Gasteiger partial charge in [-0.05, 0) is 25.7 Å². The minimum absolute atomic E-state index is 0.210. The minimum Gasteiger partial charge on any atom is -0.748 e. The van der Waals surface area contributed by atoms with Crippen molar-refractivity contribution in [1.29, 1.82) is 0 Å². The van der Waals surface area contributed by atoms with Gasteiger partial charge in [0.15, 0.2) is 0 Å². The number of nitrogens with zero attached hydrogens (tertiary/aromatic N) is 1. The summed E-state index contributed by atoms with van der Waals surface area (Å²) in [6.07, 6.45) is 10.6. The second-order valence-corrected chi connectivity index (χ2v) is 12.7. The molecule has 37 heavy (non-hydrogen) atoms. The first kappa shape index (κ1) is 36.7. The Labute approximate surface area is 226 Å². The van der Waals surface area contributed by atoms with Gasteiger partial charge in [-0.1, -0.05) is 58.8 Å². The molecule has 0 atom stereocenters. The SMILES string of the molecule is CCCCCCCCCCS(=O)(=O)N(CCC)CCOCCOCCOCCOCCCCS(=O)(=O)[O-]. The maximum atomic E-state index is 12.7. The average molecular weight is 575 g/mol. The smallest absolute Gasteiger partial charge is 0.214 e. The molecule has 0 aliphatic rings. The molecule has 0 aliphatic heterocycles. The van der Waals surface area contributed by atoms with E-state index in [-0.39, 0.29) is 11.5 Å². The molecule has 0 radical (unpaired) electrons. The van der Waals surface area contributed by atoms with E-state index in [1.54, 1.807) is 4.31 Å². The summed E-state index contributed by atoms with van der Waals surface area (Å²) in [7, 11) is -7.39. The molecular weight excluding hydrogens is 522 g/mol. The third-order valence-corrected chi connectivity index (χ3v) is 8.40. The van der Waals surface area contributed by atoms with Gasteiger partial charge in [0.1, 0.15) is 0 Å². The molecule has 10 nitrogen and oxygen atoms in total. The highest BCUT2D eigenvalue weighted by Crippen LogP contribution is 2.11. The fraction of sp³-hybridized carbons (Fsp3) is 1.00. The van der Waals surface area contributed by atoms with Crippen LogP contribution in [0.3, 0.4) is 0 Å². The lowest BCUT2D eigenvalue weighted by atomic mass is 10.1. The van der Waals surface area contributed by atoms with Crippen LogP contribution in [0.5, 0.6) is 0 Å². The maximum absolute atomic E-state index is 12.7. The highest BCUT2D eigenvalue weighted by atomic mass is 32.2. The van der Waals surface area contributed by atoms with Crippen molar-refractivity contribution < 1.29 is 40.3 Å². The molecule has 0 aromatic rings. The topological polar surface area (TPSA) is 132 Å². The Morgan fingerprint density at radius 2 is 0.973 bits per heavy atom. The van der Waals surface area contributed by atoms with E-state index < -0.39 is 20.1 Å². The Hall–Kier alpha value is -0.340. The van der Waals surface area contributed by atoms with Crippen molar-refractivity contribution in [2.24, 2.45) is 0 Å². The molecule has 0 aromatic heterocycles. The van der Waals surface area contributed by atoms with E-state index in [1.807, 2.05) is 6.92 Å². The molecular formula is C25H52NO9S2-. The molecule has 0 aliphatic carbocycles. The van der Waals surface area contributed by atoms with E-state index in [9.17, 15) is 21.4 Å². The summed E-state index contributed by atoms with van der Waals surface area (Å²) >= 11 is 0. The molecule has 0 saturated heterocycles. The molecule has 224 valence electrons. The fourth-order valence-corrected chi connectivity index (χ4v) is 5.80. The third-order valence-electron chi connectivity index (χ3n) is 5.66. The van der Waals surface area contributed by atoms with Gasteiger partial charge in [0.2, 0.25) is 10.0 Å². The number of sulfonamides is 1. The van der Waals surface area contributed by atoms with Gasteiger partial charge in [-0.2, -0.15) is 4.31 Å². The fourth-order valence-electron chi connectivity index (χ4n) is 3.60. The Morgan fingerprint density at radius 1 is 0.514 bits per heavy atom. The molecule has 12 heteroatoms. The van der Waals surface area contributed by atoms with Crippen molar-refractivity contribution in [3.63, 3.8) is 0 Å². The Morgan fingerprint density at radius 3 is 1.49 bits per heavy atom. The zero-order chi connectivity index (χ0) is 27.7. The van der Waals surface area contributed by atoms with Crippen LogP contribution in [0.2, 0.25) is 0 Å². The van der Waals surface area contributed by atoms with Crippen molar-refractivity contribution in [2.75, 3.05) is 77.5 Å². The number of rotatable bonds is 29. The molecule has 0 bridgehead atoms. The first-order valence-electron chi connectivity index (χ1n) is 13.9. The van der Waals surface area contributed by atoms with Gasteiger partial charge in [-0.3, -0.25) is 0 Å². The highest BCUT2D eigenvalue weighted by Gasteiger charge is 2.20. The quantitative estimate of drug-likeness (QED) is 0.0971. The molecule has 0 N–H and O–H groups in total. The summed E-state index contributed by atoms with van der Waals surface area (Å²) in [6, 6.07) is 0. The predicted octanol–water partition coefficient (Wildman–Crippen LogP) is 3.56. The van der Waals surface area contributed by atoms with Crippen molar-refractivity contribution in [2.45, 2.75) is 84.5 Å². The zero-order valence-corrected chi connectivity index (χ0v) is 24.8. The minimum atomic E-state index is -4.14. The molecule has 0 saturated carbocycles. The molecule has 0 amide bonds. The second-order valence-electron chi connectivity index (χ2n) is 9.11. The van der Waals surface area contributed by atoms with E-state index in [1.165, 1.54) is 32.1 Å². The van der Waals surface area contributed by atoms with Gasteiger partial charge in [0.05, 0.1) is 62.1 Å². The van der Waals surface area contributed by atoms with E-state index >= 15 is 0 Å². The summed E-state index contributed by atoms with van der Waals surface area (Å²) in [5.74, 6) is -0.148. The summed E-state index contributed by atoms with van der Waals surface area (Å²) in [5, 5.41) is 0. The lowest BCUT2D eigenvalue weighted by molar-refractivity contribution is -0.00270. The summed E-state index contributed by atoms with van der Waals surface area (Å²) < 4.78 is 80.0. The van der Waals surface area contributed by atoms with Crippen LogP contribution in [0.1, 0.15) is 84.5 Å². The van der Waals surface area contributed by atoms with Crippen molar-refractivity contribution in [3.8, 4) is 0 Å². The van der Waals surface area contributed by atoms with Crippen LogP contribution in [-0.4, -0.2) is 103 Å². The van der Waals surface area contributed by atoms with Gasteiger partial charge < -0.3 is 23.5 Å². The predicted molar refractivity (Wildman–Crippen MR) is 145 cm³/mol. The maximum Gasteiger partial charge on any atom is 0.214 e. The lowest BCUT2D eigenvalue weighted by Crippen LogP contribution is -2.36. The number of hydrogen-bond donors (Lipinski definition) is 0. The molecule has 0 unspecified atom stereocenters. The van der Waals surface area contributed by atoms with Gasteiger partial charge >= 0.3 is 0 Å². The monoisotopic (exact) mass is 574 g/mol. The normalized spacial score (nSPS) is 12.5. The molecule has 0 aromatic carbocycles.